The van der Waals surface area contributed by atoms with Crippen molar-refractivity contribution in [2.45, 2.75) is 57.8 Å². The average Bonchev–Trinajstić information content (AvgIpc) is 3.41. The number of likely N-dealkylation sites (tertiary alicyclic amines) is 1. The number of nitrogens with zero attached hydrogens (tertiary/aromatic N) is 7. The fraction of sp³-hybridized carbons (Fsp3) is 0.543. The molecule has 1 aromatic carbocycles. The number of aromatic nitrogens is 3. The van der Waals surface area contributed by atoms with Crippen LogP contribution in [-0.2, 0) is 4.79 Å². The molecule has 4 saturated heterocycles. The molecule has 0 saturated carbocycles. The Morgan fingerprint density at radius 3 is 2.37 bits per heavy atom. The Labute approximate surface area is 277 Å². The monoisotopic (exact) mass is 643 g/mol. The van der Waals surface area contributed by atoms with Gasteiger partial charge in [-0.05, 0) is 114 Å². The van der Waals surface area contributed by atoms with Crippen molar-refractivity contribution in [2.24, 2.45) is 11.3 Å². The smallest absolute Gasteiger partial charge is 0.233 e. The number of piperidine rings is 3. The van der Waals surface area contributed by atoms with Crippen molar-refractivity contribution in [3.8, 4) is 0 Å². The van der Waals surface area contributed by atoms with Crippen molar-refractivity contribution < 1.29 is 4.79 Å². The molecule has 4 aliphatic heterocycles. The quantitative estimate of drug-likeness (QED) is 0.287. The molecule has 0 bridgehead atoms. The molecule has 1 spiro atoms. The molecule has 11 heteroatoms. The number of nitrogens with one attached hydrogen (secondary N) is 1. The SMILES string of the molecule is Nc1ccc(N2CCC(CCN3CCC4(CC3)CCN(c3cncc(Nc5ncc(Cl)c(N6CCCCC6)n5)c3)C4=O)CC2)cc1. The van der Waals surface area contributed by atoms with E-state index in [1.807, 2.05) is 23.1 Å². The van der Waals surface area contributed by atoms with Crippen LogP contribution in [0, 0.1) is 11.3 Å². The average molecular weight is 644 g/mol. The zero-order valence-corrected chi connectivity index (χ0v) is 27.5. The minimum atomic E-state index is -0.257. The van der Waals surface area contributed by atoms with Crippen molar-refractivity contribution >= 4 is 52.0 Å². The van der Waals surface area contributed by atoms with Crippen LogP contribution in [0.1, 0.15) is 57.8 Å². The summed E-state index contributed by atoms with van der Waals surface area (Å²) in [5.41, 5.74) is 9.29. The fourth-order valence-electron chi connectivity index (χ4n) is 7.78. The van der Waals surface area contributed by atoms with Crippen molar-refractivity contribution in [1.82, 2.24) is 19.9 Å². The van der Waals surface area contributed by atoms with Gasteiger partial charge in [0, 0.05) is 44.1 Å². The number of rotatable bonds is 8. The van der Waals surface area contributed by atoms with Crippen LogP contribution in [0.4, 0.5) is 34.5 Å². The first kappa shape index (κ1) is 31.0. The summed E-state index contributed by atoms with van der Waals surface area (Å²) in [5.74, 6) is 2.27. The van der Waals surface area contributed by atoms with Gasteiger partial charge in [-0.25, -0.2) is 4.98 Å². The van der Waals surface area contributed by atoms with E-state index in [0.29, 0.717) is 11.0 Å². The molecule has 10 nitrogen and oxygen atoms in total. The number of halogens is 1. The molecule has 0 atom stereocenters. The lowest BCUT2D eigenvalue weighted by atomic mass is 9.77. The fourth-order valence-corrected chi connectivity index (χ4v) is 7.99. The molecule has 1 amide bonds. The maximum Gasteiger partial charge on any atom is 0.233 e. The summed E-state index contributed by atoms with van der Waals surface area (Å²) in [7, 11) is 0. The maximum atomic E-state index is 13.9. The number of hydrogen-bond donors (Lipinski definition) is 2. The number of amides is 1. The van der Waals surface area contributed by atoms with Crippen LogP contribution in [0.15, 0.2) is 48.9 Å². The molecular formula is C35H46ClN9O. The molecule has 3 aromatic rings. The van der Waals surface area contributed by atoms with E-state index >= 15 is 0 Å². The minimum Gasteiger partial charge on any atom is -0.399 e. The van der Waals surface area contributed by atoms with Crippen LogP contribution < -0.4 is 25.8 Å². The van der Waals surface area contributed by atoms with Crippen LogP contribution in [0.5, 0.6) is 0 Å². The van der Waals surface area contributed by atoms with E-state index in [-0.39, 0.29) is 11.3 Å². The van der Waals surface area contributed by atoms with Crippen LogP contribution >= 0.6 is 11.6 Å². The van der Waals surface area contributed by atoms with E-state index in [1.54, 1.807) is 18.6 Å². The molecular weight excluding hydrogens is 598 g/mol. The number of hydrogen-bond acceptors (Lipinski definition) is 9. The van der Waals surface area contributed by atoms with E-state index in [4.69, 9.17) is 22.3 Å². The van der Waals surface area contributed by atoms with E-state index in [2.05, 4.69) is 42.1 Å². The molecule has 3 N–H and O–H groups in total. The lowest BCUT2D eigenvalue weighted by Gasteiger charge is -2.39. The molecule has 0 aliphatic carbocycles. The van der Waals surface area contributed by atoms with E-state index in [9.17, 15) is 4.79 Å². The van der Waals surface area contributed by atoms with E-state index < -0.39 is 0 Å². The maximum absolute atomic E-state index is 13.9. The van der Waals surface area contributed by atoms with Gasteiger partial charge in [0.1, 0.15) is 5.02 Å². The Morgan fingerprint density at radius 2 is 1.61 bits per heavy atom. The van der Waals surface area contributed by atoms with Crippen molar-refractivity contribution in [3.05, 3.63) is 53.9 Å². The summed E-state index contributed by atoms with van der Waals surface area (Å²) in [6.45, 7) is 7.98. The normalized spacial score (nSPS) is 20.9. The summed E-state index contributed by atoms with van der Waals surface area (Å²) in [6, 6.07) is 10.2. The van der Waals surface area contributed by atoms with Gasteiger partial charge in [0.25, 0.3) is 0 Å². The third kappa shape index (κ3) is 6.74. The Morgan fingerprint density at radius 1 is 0.870 bits per heavy atom. The van der Waals surface area contributed by atoms with Gasteiger partial charge < -0.3 is 30.7 Å². The standard InChI is InChI=1S/C35H46ClN9O/c36-31-25-39-34(41-32(31)44-14-2-1-3-15-44)40-28-22-30(24-38-23-28)45-21-13-35(33(45)46)11-19-42(20-12-35)16-8-26-9-17-43(18-10-26)29-6-4-27(37)5-7-29/h4-7,22-26H,1-3,8-21,37H2,(H,39,40,41). The number of nitrogen functional groups attached to an aromatic ring is 1. The molecule has 6 heterocycles. The van der Waals surface area contributed by atoms with Crippen molar-refractivity contribution in [2.75, 3.05) is 78.1 Å². The van der Waals surface area contributed by atoms with Crippen LogP contribution in [0.3, 0.4) is 0 Å². The van der Waals surface area contributed by atoms with Crippen LogP contribution in [0.25, 0.3) is 0 Å². The first-order valence-corrected chi connectivity index (χ1v) is 17.5. The van der Waals surface area contributed by atoms with Crippen LogP contribution in [-0.4, -0.2) is 78.1 Å². The number of anilines is 6. The second-order valence-electron chi connectivity index (χ2n) is 13.6. The Bertz CT molecular complexity index is 1500. The Kier molecular flexibility index (Phi) is 9.17. The third-order valence-corrected chi connectivity index (χ3v) is 11.0. The molecule has 4 fully saturated rings. The van der Waals surface area contributed by atoms with Crippen molar-refractivity contribution in [1.29, 1.82) is 0 Å². The first-order valence-electron chi connectivity index (χ1n) is 17.1. The summed E-state index contributed by atoms with van der Waals surface area (Å²) in [6.07, 6.45) is 15.2. The van der Waals surface area contributed by atoms with E-state index in [0.717, 1.165) is 113 Å². The zero-order valence-electron chi connectivity index (χ0n) is 26.7. The van der Waals surface area contributed by atoms with Gasteiger partial charge in [0.2, 0.25) is 11.9 Å². The molecule has 244 valence electrons. The van der Waals surface area contributed by atoms with Gasteiger partial charge in [-0.15, -0.1) is 0 Å². The molecule has 2 aromatic heterocycles. The lowest BCUT2D eigenvalue weighted by molar-refractivity contribution is -0.128. The third-order valence-electron chi connectivity index (χ3n) is 10.7. The highest BCUT2D eigenvalue weighted by molar-refractivity contribution is 6.32. The predicted molar refractivity (Wildman–Crippen MR) is 186 cm³/mol. The Balaban J connectivity index is 0.903. The van der Waals surface area contributed by atoms with Gasteiger partial charge in [-0.1, -0.05) is 11.6 Å². The van der Waals surface area contributed by atoms with Crippen LogP contribution in [0.2, 0.25) is 5.02 Å². The first-order chi connectivity index (χ1) is 22.5. The molecule has 0 radical (unpaired) electrons. The lowest BCUT2D eigenvalue weighted by Crippen LogP contribution is -2.45. The molecule has 46 heavy (non-hydrogen) atoms. The molecule has 7 rings (SSSR count). The number of benzene rings is 1. The van der Waals surface area contributed by atoms with Gasteiger partial charge in [0.05, 0.1) is 35.4 Å². The van der Waals surface area contributed by atoms with Gasteiger partial charge in [-0.3, -0.25) is 9.78 Å². The minimum absolute atomic E-state index is 0.247. The highest BCUT2D eigenvalue weighted by atomic mass is 35.5. The van der Waals surface area contributed by atoms with Crippen molar-refractivity contribution in [3.63, 3.8) is 0 Å². The second kappa shape index (κ2) is 13.6. The number of pyridine rings is 1. The molecule has 4 aliphatic rings. The highest BCUT2D eigenvalue weighted by Crippen LogP contribution is 2.43. The molecule has 0 unspecified atom stereocenters. The second-order valence-corrected chi connectivity index (χ2v) is 14.0. The number of carbonyl (C=O) groups is 1. The van der Waals surface area contributed by atoms with Gasteiger partial charge in [-0.2, -0.15) is 4.98 Å². The Hall–Kier alpha value is -3.63. The van der Waals surface area contributed by atoms with E-state index in [1.165, 1.54) is 31.4 Å². The number of nitrogens with two attached hydrogens (primary N) is 1. The zero-order chi connectivity index (χ0) is 31.5. The summed E-state index contributed by atoms with van der Waals surface area (Å²) in [4.78, 5) is 36.7. The summed E-state index contributed by atoms with van der Waals surface area (Å²) in [5, 5.41) is 3.86. The van der Waals surface area contributed by atoms with Gasteiger partial charge >= 0.3 is 0 Å². The largest absolute Gasteiger partial charge is 0.399 e. The predicted octanol–water partition coefficient (Wildman–Crippen LogP) is 5.97. The topological polar surface area (TPSA) is 107 Å². The number of carbonyl (C=O) groups excluding carboxylic acids is 1. The highest BCUT2D eigenvalue weighted by Gasteiger charge is 2.48. The van der Waals surface area contributed by atoms with Gasteiger partial charge in [0.15, 0.2) is 5.82 Å². The summed E-state index contributed by atoms with van der Waals surface area (Å²) >= 11 is 6.46. The summed E-state index contributed by atoms with van der Waals surface area (Å²) < 4.78 is 0.